The van der Waals surface area contributed by atoms with E-state index in [0.29, 0.717) is 5.95 Å². The average molecular weight is 239 g/mol. The highest BCUT2D eigenvalue weighted by Crippen LogP contribution is 2.12. The molecule has 1 aromatic rings. The highest BCUT2D eigenvalue weighted by atomic mass is 32.2. The average Bonchev–Trinajstić information content (AvgIpc) is 2.43. The van der Waals surface area contributed by atoms with Gasteiger partial charge in [0.2, 0.25) is 5.95 Å². The van der Waals surface area contributed by atoms with Crippen molar-refractivity contribution in [3.05, 3.63) is 28.9 Å². The molecule has 0 radical (unpaired) electrons. The maximum Gasteiger partial charge on any atom is 0.223 e. The fourth-order valence-corrected chi connectivity index (χ4v) is 2.86. The lowest BCUT2D eigenvalue weighted by Crippen LogP contribution is -2.22. The number of hydrogen-bond acceptors (Lipinski definition) is 5. The molecule has 0 aromatic carbocycles. The Balaban J connectivity index is 2.14. The summed E-state index contributed by atoms with van der Waals surface area (Å²) >= 11 is 0. The maximum absolute atomic E-state index is 11.2. The van der Waals surface area contributed by atoms with Crippen LogP contribution in [0.5, 0.6) is 0 Å². The molecule has 0 amide bonds. The summed E-state index contributed by atoms with van der Waals surface area (Å²) < 4.78 is 22.4. The second-order valence-electron chi connectivity index (χ2n) is 3.88. The number of hydrogen-bond donors (Lipinski definition) is 1. The van der Waals surface area contributed by atoms with Gasteiger partial charge in [-0.2, -0.15) is 0 Å². The zero-order valence-electron chi connectivity index (χ0n) is 9.14. The smallest absolute Gasteiger partial charge is 0.223 e. The topological polar surface area (TPSA) is 72.0 Å². The Bertz CT molecular complexity index is 517. The third-order valence-corrected chi connectivity index (χ3v) is 3.62. The van der Waals surface area contributed by atoms with Crippen LogP contribution in [0.25, 0.3) is 0 Å². The van der Waals surface area contributed by atoms with E-state index >= 15 is 0 Å². The Morgan fingerprint density at radius 3 is 2.44 bits per heavy atom. The molecule has 86 valence electrons. The first-order valence-corrected chi connectivity index (χ1v) is 6.66. The Morgan fingerprint density at radius 2 is 1.94 bits per heavy atom. The standard InChI is InChI=1S/C10H13N3O2S/c1-7-5-8(2)12-10(11-7)13-9-3-4-16(14,15)6-9/h3-5,9H,6H2,1-2H3,(H,11,12,13). The molecule has 1 atom stereocenters. The van der Waals surface area contributed by atoms with Crippen LogP contribution in [0, 0.1) is 13.8 Å². The van der Waals surface area contributed by atoms with Gasteiger partial charge in [-0.15, -0.1) is 0 Å². The van der Waals surface area contributed by atoms with Gasteiger partial charge in [-0.1, -0.05) is 0 Å². The molecule has 6 heteroatoms. The van der Waals surface area contributed by atoms with Gasteiger partial charge in [-0.25, -0.2) is 18.4 Å². The van der Waals surface area contributed by atoms with E-state index in [2.05, 4.69) is 15.3 Å². The fraction of sp³-hybridized carbons (Fsp3) is 0.400. The summed E-state index contributed by atoms with van der Waals surface area (Å²) in [6.07, 6.45) is 1.62. The quantitative estimate of drug-likeness (QED) is 0.827. The van der Waals surface area contributed by atoms with Gasteiger partial charge < -0.3 is 5.32 Å². The van der Waals surface area contributed by atoms with Crippen LogP contribution in [-0.4, -0.2) is 30.2 Å². The van der Waals surface area contributed by atoms with Crippen molar-refractivity contribution in [2.45, 2.75) is 19.9 Å². The Kier molecular flexibility index (Phi) is 2.67. The maximum atomic E-state index is 11.2. The van der Waals surface area contributed by atoms with Crippen LogP contribution in [0.3, 0.4) is 0 Å². The summed E-state index contributed by atoms with van der Waals surface area (Å²) in [5.74, 6) is 0.549. The predicted molar refractivity (Wildman–Crippen MR) is 61.8 cm³/mol. The molecule has 0 fully saturated rings. The van der Waals surface area contributed by atoms with Crippen LogP contribution < -0.4 is 5.32 Å². The van der Waals surface area contributed by atoms with Crippen LogP contribution in [0.1, 0.15) is 11.4 Å². The molecule has 2 heterocycles. The molecular formula is C10H13N3O2S. The van der Waals surface area contributed by atoms with Gasteiger partial charge in [0, 0.05) is 16.8 Å². The zero-order valence-corrected chi connectivity index (χ0v) is 9.95. The summed E-state index contributed by atoms with van der Waals surface area (Å²) in [6, 6.07) is 1.64. The lowest BCUT2D eigenvalue weighted by atomic mass is 10.3. The molecule has 16 heavy (non-hydrogen) atoms. The van der Waals surface area contributed by atoms with Crippen LogP contribution in [0.4, 0.5) is 5.95 Å². The number of aromatic nitrogens is 2. The Morgan fingerprint density at radius 1 is 1.31 bits per heavy atom. The molecule has 0 bridgehead atoms. The summed E-state index contributed by atoms with van der Waals surface area (Å²) in [5, 5.41) is 4.22. The van der Waals surface area contributed by atoms with E-state index in [0.717, 1.165) is 11.4 Å². The van der Waals surface area contributed by atoms with Gasteiger partial charge in [0.1, 0.15) is 0 Å². The Hall–Kier alpha value is -1.43. The van der Waals surface area contributed by atoms with Crippen molar-refractivity contribution in [2.24, 2.45) is 0 Å². The number of anilines is 1. The largest absolute Gasteiger partial charge is 0.347 e. The van der Waals surface area contributed by atoms with Crippen molar-refractivity contribution < 1.29 is 8.42 Å². The van der Waals surface area contributed by atoms with Crippen LogP contribution in [0.2, 0.25) is 0 Å². The molecular weight excluding hydrogens is 226 g/mol. The van der Waals surface area contributed by atoms with Gasteiger partial charge in [-0.05, 0) is 26.0 Å². The number of sulfone groups is 1. The highest BCUT2D eigenvalue weighted by molar-refractivity contribution is 7.94. The van der Waals surface area contributed by atoms with E-state index in [1.54, 1.807) is 6.08 Å². The molecule has 1 aliphatic rings. The molecule has 1 aliphatic heterocycles. The molecule has 0 saturated carbocycles. The second kappa shape index (κ2) is 3.86. The molecule has 5 nitrogen and oxygen atoms in total. The van der Waals surface area contributed by atoms with Crippen molar-refractivity contribution in [2.75, 3.05) is 11.1 Å². The molecule has 0 aliphatic carbocycles. The van der Waals surface area contributed by atoms with Crippen molar-refractivity contribution in [1.82, 2.24) is 9.97 Å². The van der Waals surface area contributed by atoms with Crippen LogP contribution in [0.15, 0.2) is 17.6 Å². The van der Waals surface area contributed by atoms with E-state index in [9.17, 15) is 8.42 Å². The van der Waals surface area contributed by atoms with Crippen molar-refractivity contribution in [3.63, 3.8) is 0 Å². The van der Waals surface area contributed by atoms with E-state index in [1.807, 2.05) is 19.9 Å². The summed E-state index contributed by atoms with van der Waals surface area (Å²) in [4.78, 5) is 8.39. The monoisotopic (exact) mass is 239 g/mol. The van der Waals surface area contributed by atoms with Crippen LogP contribution >= 0.6 is 0 Å². The van der Waals surface area contributed by atoms with E-state index in [1.165, 1.54) is 5.41 Å². The summed E-state index contributed by atoms with van der Waals surface area (Å²) in [6.45, 7) is 3.75. The van der Waals surface area contributed by atoms with Crippen molar-refractivity contribution in [1.29, 1.82) is 0 Å². The molecule has 1 aromatic heterocycles. The Labute approximate surface area is 94.5 Å². The molecule has 1 unspecified atom stereocenters. The highest BCUT2D eigenvalue weighted by Gasteiger charge is 2.22. The van der Waals surface area contributed by atoms with Gasteiger partial charge in [0.25, 0.3) is 0 Å². The first-order chi connectivity index (χ1) is 7.44. The minimum Gasteiger partial charge on any atom is -0.347 e. The fourth-order valence-electron chi connectivity index (χ4n) is 1.62. The van der Waals surface area contributed by atoms with Crippen molar-refractivity contribution >= 4 is 15.8 Å². The van der Waals surface area contributed by atoms with Crippen molar-refractivity contribution in [3.8, 4) is 0 Å². The predicted octanol–water partition coefficient (Wildman–Crippen LogP) is 0.816. The normalized spacial score (nSPS) is 22.2. The minimum atomic E-state index is -3.03. The number of nitrogens with one attached hydrogen (secondary N) is 1. The number of rotatable bonds is 2. The van der Waals surface area contributed by atoms with E-state index < -0.39 is 9.84 Å². The lowest BCUT2D eigenvalue weighted by molar-refractivity contribution is 0.605. The first-order valence-electron chi connectivity index (χ1n) is 4.94. The molecule has 2 rings (SSSR count). The number of aryl methyl sites for hydroxylation is 2. The van der Waals surface area contributed by atoms with Gasteiger partial charge >= 0.3 is 0 Å². The number of nitrogens with zero attached hydrogens (tertiary/aromatic N) is 2. The first kappa shape index (κ1) is 11.1. The third kappa shape index (κ3) is 2.57. The minimum absolute atomic E-state index is 0.0728. The molecule has 1 N–H and O–H groups in total. The SMILES string of the molecule is Cc1cc(C)nc(NC2C=CS(=O)(=O)C2)n1. The van der Waals surface area contributed by atoms with Crippen LogP contribution in [-0.2, 0) is 9.84 Å². The van der Waals surface area contributed by atoms with E-state index in [4.69, 9.17) is 0 Å². The van der Waals surface area contributed by atoms with Gasteiger partial charge in [-0.3, -0.25) is 0 Å². The zero-order chi connectivity index (χ0) is 11.8. The molecule has 0 saturated heterocycles. The second-order valence-corrected chi connectivity index (χ2v) is 5.81. The van der Waals surface area contributed by atoms with E-state index in [-0.39, 0.29) is 11.8 Å². The summed E-state index contributed by atoms with van der Waals surface area (Å²) in [7, 11) is -3.03. The molecule has 0 spiro atoms. The van der Waals surface area contributed by atoms with Gasteiger partial charge in [0.15, 0.2) is 9.84 Å². The lowest BCUT2D eigenvalue weighted by Gasteiger charge is -2.10. The third-order valence-electron chi connectivity index (χ3n) is 2.23. The summed E-state index contributed by atoms with van der Waals surface area (Å²) in [5.41, 5.74) is 1.72. The van der Waals surface area contributed by atoms with Gasteiger partial charge in [0.05, 0.1) is 11.8 Å².